The second-order valence-electron chi connectivity index (χ2n) is 6.82. The quantitative estimate of drug-likeness (QED) is 0.833. The molecule has 0 aliphatic carbocycles. The number of hydrogen-bond acceptors (Lipinski definition) is 4. The lowest BCUT2D eigenvalue weighted by Crippen LogP contribution is -2.48. The van der Waals surface area contributed by atoms with E-state index < -0.39 is 0 Å². The molecule has 1 saturated heterocycles. The Hall–Kier alpha value is -3.02. The lowest BCUT2D eigenvalue weighted by atomic mass is 10.1. The van der Waals surface area contributed by atoms with Crippen molar-refractivity contribution >= 4 is 23.2 Å². The monoisotopic (exact) mass is 381 g/mol. The van der Waals surface area contributed by atoms with Crippen LogP contribution in [-0.2, 0) is 4.79 Å². The van der Waals surface area contributed by atoms with Crippen LogP contribution >= 0.6 is 0 Å². The Kier molecular flexibility index (Phi) is 6.53. The number of methoxy groups -OCH3 is 1. The highest BCUT2D eigenvalue weighted by molar-refractivity contribution is 6.06. The number of rotatable bonds is 6. The molecular formula is C22H27N3O3. The van der Waals surface area contributed by atoms with E-state index >= 15 is 0 Å². The van der Waals surface area contributed by atoms with Crippen molar-refractivity contribution in [1.29, 1.82) is 0 Å². The van der Waals surface area contributed by atoms with Gasteiger partial charge in [0, 0.05) is 44.0 Å². The van der Waals surface area contributed by atoms with Crippen molar-refractivity contribution in [3.63, 3.8) is 0 Å². The molecule has 6 nitrogen and oxygen atoms in total. The maximum Gasteiger partial charge on any atom is 0.259 e. The molecular weight excluding hydrogens is 354 g/mol. The molecule has 0 atom stereocenters. The van der Waals surface area contributed by atoms with E-state index in [0.29, 0.717) is 17.7 Å². The normalized spacial score (nSPS) is 13.9. The van der Waals surface area contributed by atoms with E-state index in [1.807, 2.05) is 48.2 Å². The second-order valence-corrected chi connectivity index (χ2v) is 6.82. The number of hydrogen-bond donors (Lipinski definition) is 1. The molecule has 6 heteroatoms. The number of piperazine rings is 1. The molecule has 1 aliphatic rings. The minimum atomic E-state index is -0.201. The van der Waals surface area contributed by atoms with E-state index in [9.17, 15) is 9.59 Å². The van der Waals surface area contributed by atoms with Crippen molar-refractivity contribution < 1.29 is 14.3 Å². The zero-order valence-electron chi connectivity index (χ0n) is 16.5. The summed E-state index contributed by atoms with van der Waals surface area (Å²) in [6.45, 7) is 5.18. The van der Waals surface area contributed by atoms with Crippen molar-refractivity contribution in [3.05, 3.63) is 54.1 Å². The molecule has 0 radical (unpaired) electrons. The predicted molar refractivity (Wildman–Crippen MR) is 111 cm³/mol. The molecule has 0 spiro atoms. The summed E-state index contributed by atoms with van der Waals surface area (Å²) in [5, 5.41) is 2.91. The summed E-state index contributed by atoms with van der Waals surface area (Å²) >= 11 is 0. The number of benzene rings is 2. The van der Waals surface area contributed by atoms with Crippen LogP contribution in [0.4, 0.5) is 11.4 Å². The first-order chi connectivity index (χ1) is 13.6. The van der Waals surface area contributed by atoms with Crippen LogP contribution in [0.15, 0.2) is 48.5 Å². The van der Waals surface area contributed by atoms with Crippen LogP contribution in [0.25, 0.3) is 0 Å². The molecule has 1 fully saturated rings. The number of anilines is 2. The number of amides is 2. The van der Waals surface area contributed by atoms with Crippen LogP contribution in [0.3, 0.4) is 0 Å². The fourth-order valence-corrected chi connectivity index (χ4v) is 3.37. The van der Waals surface area contributed by atoms with Crippen LogP contribution in [0.2, 0.25) is 0 Å². The highest BCUT2D eigenvalue weighted by Crippen LogP contribution is 2.22. The van der Waals surface area contributed by atoms with E-state index in [4.69, 9.17) is 4.74 Å². The lowest BCUT2D eigenvalue weighted by molar-refractivity contribution is -0.131. The molecule has 2 aromatic rings. The van der Waals surface area contributed by atoms with Gasteiger partial charge in [-0.2, -0.15) is 0 Å². The standard InChI is InChI=1S/C22H27N3O3/c1-3-6-21(26)25-15-13-24(14-16-25)18-11-9-17(10-12-18)23-22(27)19-7-4-5-8-20(19)28-2/h4-5,7-12H,3,6,13-16H2,1-2H3,(H,23,27). The minimum absolute atomic E-state index is 0.201. The number of carbonyl (C=O) groups is 2. The summed E-state index contributed by atoms with van der Waals surface area (Å²) < 4.78 is 5.25. The van der Waals surface area contributed by atoms with E-state index in [0.717, 1.165) is 44.0 Å². The number of nitrogens with one attached hydrogen (secondary N) is 1. The van der Waals surface area contributed by atoms with Gasteiger partial charge in [-0.05, 0) is 42.8 Å². The van der Waals surface area contributed by atoms with E-state index in [-0.39, 0.29) is 11.8 Å². The van der Waals surface area contributed by atoms with Gasteiger partial charge in [0.1, 0.15) is 5.75 Å². The third-order valence-corrected chi connectivity index (χ3v) is 4.94. The largest absolute Gasteiger partial charge is 0.496 e. The molecule has 0 saturated carbocycles. The first kappa shape index (κ1) is 19.7. The minimum Gasteiger partial charge on any atom is -0.496 e. The number of ether oxygens (including phenoxy) is 1. The lowest BCUT2D eigenvalue weighted by Gasteiger charge is -2.36. The fraction of sp³-hybridized carbons (Fsp3) is 0.364. The molecule has 1 heterocycles. The Balaban J connectivity index is 1.58. The summed E-state index contributed by atoms with van der Waals surface area (Å²) in [7, 11) is 1.55. The van der Waals surface area contributed by atoms with E-state index in [1.54, 1.807) is 19.2 Å². The summed E-state index contributed by atoms with van der Waals surface area (Å²) in [6.07, 6.45) is 1.52. The Morgan fingerprint density at radius 2 is 1.68 bits per heavy atom. The molecule has 148 valence electrons. The Bertz CT molecular complexity index is 812. The van der Waals surface area contributed by atoms with E-state index in [2.05, 4.69) is 10.2 Å². The van der Waals surface area contributed by atoms with Gasteiger partial charge in [-0.3, -0.25) is 9.59 Å². The van der Waals surface area contributed by atoms with Crippen LogP contribution in [0.1, 0.15) is 30.1 Å². The maximum atomic E-state index is 12.5. The average molecular weight is 381 g/mol. The topological polar surface area (TPSA) is 61.9 Å². The van der Waals surface area contributed by atoms with Crippen LogP contribution < -0.4 is 15.0 Å². The van der Waals surface area contributed by atoms with Crippen molar-refractivity contribution in [2.75, 3.05) is 43.5 Å². The number of carbonyl (C=O) groups excluding carboxylic acids is 2. The van der Waals surface area contributed by atoms with Crippen LogP contribution in [0.5, 0.6) is 5.75 Å². The first-order valence-corrected chi connectivity index (χ1v) is 9.69. The summed E-state index contributed by atoms with van der Waals surface area (Å²) in [6, 6.07) is 15.0. The second kappa shape index (κ2) is 9.26. The molecule has 0 bridgehead atoms. The summed E-state index contributed by atoms with van der Waals surface area (Å²) in [4.78, 5) is 28.7. The third-order valence-electron chi connectivity index (χ3n) is 4.94. The van der Waals surface area contributed by atoms with Gasteiger partial charge in [-0.1, -0.05) is 19.1 Å². The van der Waals surface area contributed by atoms with Gasteiger partial charge in [0.25, 0.3) is 5.91 Å². The Labute approximate surface area is 166 Å². The fourth-order valence-electron chi connectivity index (χ4n) is 3.37. The summed E-state index contributed by atoms with van der Waals surface area (Å²) in [5.74, 6) is 0.594. The highest BCUT2D eigenvalue weighted by atomic mass is 16.5. The molecule has 2 aromatic carbocycles. The van der Waals surface area contributed by atoms with Crippen molar-refractivity contribution in [2.45, 2.75) is 19.8 Å². The van der Waals surface area contributed by atoms with E-state index in [1.165, 1.54) is 0 Å². The molecule has 0 unspecified atom stereocenters. The van der Waals surface area contributed by atoms with Gasteiger partial charge >= 0.3 is 0 Å². The smallest absolute Gasteiger partial charge is 0.259 e. The van der Waals surface area contributed by atoms with Gasteiger partial charge in [-0.15, -0.1) is 0 Å². The first-order valence-electron chi connectivity index (χ1n) is 9.69. The van der Waals surface area contributed by atoms with Gasteiger partial charge in [-0.25, -0.2) is 0 Å². The SMILES string of the molecule is CCCC(=O)N1CCN(c2ccc(NC(=O)c3ccccc3OC)cc2)CC1. The van der Waals surface area contributed by atoms with Gasteiger partial charge < -0.3 is 19.9 Å². The highest BCUT2D eigenvalue weighted by Gasteiger charge is 2.20. The molecule has 3 rings (SSSR count). The van der Waals surface area contributed by atoms with Gasteiger partial charge in [0.05, 0.1) is 12.7 Å². The number of para-hydroxylation sites is 1. The third kappa shape index (κ3) is 4.63. The zero-order chi connectivity index (χ0) is 19.9. The Morgan fingerprint density at radius 1 is 1.00 bits per heavy atom. The molecule has 28 heavy (non-hydrogen) atoms. The van der Waals surface area contributed by atoms with Gasteiger partial charge in [0.15, 0.2) is 0 Å². The van der Waals surface area contributed by atoms with Gasteiger partial charge in [0.2, 0.25) is 5.91 Å². The van der Waals surface area contributed by atoms with Crippen LogP contribution in [0, 0.1) is 0 Å². The maximum absolute atomic E-state index is 12.5. The predicted octanol–water partition coefficient (Wildman–Crippen LogP) is 3.40. The van der Waals surface area contributed by atoms with Crippen molar-refractivity contribution in [3.8, 4) is 5.75 Å². The Morgan fingerprint density at radius 3 is 2.32 bits per heavy atom. The molecule has 0 aromatic heterocycles. The summed E-state index contributed by atoms with van der Waals surface area (Å²) in [5.41, 5.74) is 2.33. The van der Waals surface area contributed by atoms with Crippen LogP contribution in [-0.4, -0.2) is 50.0 Å². The molecule has 2 amide bonds. The zero-order valence-corrected chi connectivity index (χ0v) is 16.5. The van der Waals surface area contributed by atoms with Crippen molar-refractivity contribution in [1.82, 2.24) is 4.90 Å². The van der Waals surface area contributed by atoms with Crippen molar-refractivity contribution in [2.24, 2.45) is 0 Å². The average Bonchev–Trinajstić information content (AvgIpc) is 2.74. The molecule has 1 aliphatic heterocycles. The molecule has 1 N–H and O–H groups in total. The number of nitrogens with zero attached hydrogens (tertiary/aromatic N) is 2.